The first-order chi connectivity index (χ1) is 8.43. The first-order valence-corrected chi connectivity index (χ1v) is 6.47. The Hall–Kier alpha value is -1.42. The van der Waals surface area contributed by atoms with Gasteiger partial charge in [0, 0.05) is 24.7 Å². The van der Waals surface area contributed by atoms with Crippen molar-refractivity contribution in [2.24, 2.45) is 0 Å². The lowest BCUT2D eigenvalue weighted by molar-refractivity contribution is 0.619. The van der Waals surface area contributed by atoms with Gasteiger partial charge >= 0.3 is 0 Å². The summed E-state index contributed by atoms with van der Waals surface area (Å²) in [6.45, 7) is 2.18. The van der Waals surface area contributed by atoms with E-state index >= 15 is 0 Å². The molecule has 1 saturated heterocycles. The van der Waals surface area contributed by atoms with E-state index in [0.717, 1.165) is 24.3 Å². The number of imidazole rings is 1. The van der Waals surface area contributed by atoms with Crippen LogP contribution in [0.15, 0.2) is 18.3 Å². The van der Waals surface area contributed by atoms with E-state index < -0.39 is 0 Å². The van der Waals surface area contributed by atoms with Crippen LogP contribution < -0.4 is 5.32 Å². The second kappa shape index (κ2) is 3.53. The van der Waals surface area contributed by atoms with Gasteiger partial charge in [-0.25, -0.2) is 9.97 Å². The normalized spacial score (nSPS) is 24.6. The van der Waals surface area contributed by atoms with Gasteiger partial charge in [0.25, 0.3) is 0 Å². The van der Waals surface area contributed by atoms with Crippen molar-refractivity contribution in [2.75, 3.05) is 13.1 Å². The van der Waals surface area contributed by atoms with Gasteiger partial charge in [-0.2, -0.15) is 0 Å². The van der Waals surface area contributed by atoms with Gasteiger partial charge in [-0.3, -0.25) is 0 Å². The van der Waals surface area contributed by atoms with E-state index in [1.54, 1.807) is 0 Å². The molecule has 0 radical (unpaired) electrons. The van der Waals surface area contributed by atoms with Gasteiger partial charge in [0.1, 0.15) is 11.3 Å². The molecule has 1 N–H and O–H groups in total. The summed E-state index contributed by atoms with van der Waals surface area (Å²) in [5.41, 5.74) is 2.14. The van der Waals surface area contributed by atoms with E-state index in [2.05, 4.69) is 20.9 Å². The molecule has 2 fully saturated rings. The van der Waals surface area contributed by atoms with Crippen molar-refractivity contribution in [3.8, 4) is 0 Å². The second-order valence-corrected chi connectivity index (χ2v) is 5.11. The van der Waals surface area contributed by atoms with Crippen LogP contribution in [0.2, 0.25) is 0 Å². The van der Waals surface area contributed by atoms with Crippen LogP contribution in [0.3, 0.4) is 0 Å². The van der Waals surface area contributed by atoms with Crippen LogP contribution in [-0.4, -0.2) is 27.6 Å². The van der Waals surface area contributed by atoms with Crippen molar-refractivity contribution >= 4 is 11.2 Å². The molecular weight excluding hydrogens is 212 g/mol. The van der Waals surface area contributed by atoms with Gasteiger partial charge in [0.2, 0.25) is 0 Å². The van der Waals surface area contributed by atoms with E-state index in [1.807, 2.05) is 12.3 Å². The molecule has 1 aliphatic heterocycles. The molecule has 1 aliphatic carbocycles. The predicted molar refractivity (Wildman–Crippen MR) is 66.0 cm³/mol. The van der Waals surface area contributed by atoms with Crippen LogP contribution in [0.1, 0.15) is 37.0 Å². The minimum atomic E-state index is 0.574. The highest BCUT2D eigenvalue weighted by molar-refractivity contribution is 5.71. The number of aromatic nitrogens is 3. The van der Waals surface area contributed by atoms with Crippen molar-refractivity contribution in [1.29, 1.82) is 0 Å². The molecule has 0 spiro atoms. The van der Waals surface area contributed by atoms with Crippen molar-refractivity contribution in [3.05, 3.63) is 24.2 Å². The largest absolute Gasteiger partial charge is 0.316 e. The monoisotopic (exact) mass is 228 g/mol. The summed E-state index contributed by atoms with van der Waals surface area (Å²) in [5.74, 6) is 1.83. The topological polar surface area (TPSA) is 42.7 Å². The fraction of sp³-hybridized carbons (Fsp3) is 0.538. The molecule has 2 aromatic heterocycles. The highest BCUT2D eigenvalue weighted by Crippen LogP contribution is 2.40. The Bertz CT molecular complexity index is 550. The summed E-state index contributed by atoms with van der Waals surface area (Å²) >= 11 is 0. The Morgan fingerprint density at radius 1 is 1.29 bits per heavy atom. The minimum Gasteiger partial charge on any atom is -0.316 e. The lowest BCUT2D eigenvalue weighted by atomic mass is 10.1. The SMILES string of the molecule is c1cnc2c(c1)nc([C@@H]1CCNC1)n2C1CC1. The number of nitrogens with one attached hydrogen (secondary N) is 1. The molecule has 17 heavy (non-hydrogen) atoms. The molecule has 4 heteroatoms. The highest BCUT2D eigenvalue weighted by Gasteiger charge is 2.32. The molecule has 0 aromatic carbocycles. The van der Waals surface area contributed by atoms with E-state index in [0.29, 0.717) is 12.0 Å². The number of rotatable bonds is 2. The van der Waals surface area contributed by atoms with Gasteiger partial charge in [-0.15, -0.1) is 0 Å². The van der Waals surface area contributed by atoms with Gasteiger partial charge in [0.05, 0.1) is 0 Å². The molecule has 4 nitrogen and oxygen atoms in total. The molecule has 88 valence electrons. The zero-order chi connectivity index (χ0) is 11.2. The molecule has 1 saturated carbocycles. The van der Waals surface area contributed by atoms with Crippen molar-refractivity contribution in [3.63, 3.8) is 0 Å². The van der Waals surface area contributed by atoms with Gasteiger partial charge in [0.15, 0.2) is 5.65 Å². The maximum Gasteiger partial charge on any atom is 0.160 e. The lowest BCUT2D eigenvalue weighted by Gasteiger charge is -2.11. The van der Waals surface area contributed by atoms with E-state index in [-0.39, 0.29) is 0 Å². The smallest absolute Gasteiger partial charge is 0.160 e. The minimum absolute atomic E-state index is 0.574. The third-order valence-electron chi connectivity index (χ3n) is 3.81. The maximum atomic E-state index is 4.82. The van der Waals surface area contributed by atoms with Crippen molar-refractivity contribution < 1.29 is 0 Å². The van der Waals surface area contributed by atoms with Crippen LogP contribution in [0, 0.1) is 0 Å². The first kappa shape index (κ1) is 9.59. The Morgan fingerprint density at radius 3 is 3.00 bits per heavy atom. The average Bonchev–Trinajstić information content (AvgIpc) is 2.94. The molecule has 0 unspecified atom stereocenters. The number of hydrogen-bond donors (Lipinski definition) is 1. The predicted octanol–water partition coefficient (Wildman–Crippen LogP) is 1.84. The van der Waals surface area contributed by atoms with Crippen molar-refractivity contribution in [2.45, 2.75) is 31.2 Å². The third kappa shape index (κ3) is 1.47. The zero-order valence-electron chi connectivity index (χ0n) is 9.76. The molecule has 2 aliphatic rings. The Morgan fingerprint density at radius 2 is 2.24 bits per heavy atom. The van der Waals surface area contributed by atoms with E-state index in [9.17, 15) is 0 Å². The molecule has 0 amide bonds. The highest BCUT2D eigenvalue weighted by atomic mass is 15.2. The summed E-state index contributed by atoms with van der Waals surface area (Å²) in [6, 6.07) is 4.71. The summed E-state index contributed by atoms with van der Waals surface area (Å²) in [4.78, 5) is 9.33. The summed E-state index contributed by atoms with van der Waals surface area (Å²) in [5, 5.41) is 3.43. The zero-order valence-corrected chi connectivity index (χ0v) is 9.76. The molecule has 3 heterocycles. The van der Waals surface area contributed by atoms with Crippen LogP contribution in [0.4, 0.5) is 0 Å². The summed E-state index contributed by atoms with van der Waals surface area (Å²) < 4.78 is 2.40. The number of fused-ring (bicyclic) bond motifs is 1. The Labute approximate surface area is 100 Å². The fourth-order valence-corrected chi connectivity index (χ4v) is 2.80. The van der Waals surface area contributed by atoms with Crippen LogP contribution in [-0.2, 0) is 0 Å². The van der Waals surface area contributed by atoms with Gasteiger partial charge < -0.3 is 9.88 Å². The van der Waals surface area contributed by atoms with Crippen molar-refractivity contribution in [1.82, 2.24) is 19.9 Å². The second-order valence-electron chi connectivity index (χ2n) is 5.11. The van der Waals surface area contributed by atoms with Crippen LogP contribution in [0.25, 0.3) is 11.2 Å². The standard InChI is InChI=1S/C13H16N4/c1-2-11-13(15-6-1)17(10-3-4-10)12(16-11)9-5-7-14-8-9/h1-2,6,9-10,14H,3-5,7-8H2/t9-/m1/s1. The van der Waals surface area contributed by atoms with E-state index in [1.165, 1.54) is 25.1 Å². The fourth-order valence-electron chi connectivity index (χ4n) is 2.80. The number of nitrogens with zero attached hydrogens (tertiary/aromatic N) is 3. The summed E-state index contributed by atoms with van der Waals surface area (Å²) in [7, 11) is 0. The van der Waals surface area contributed by atoms with Gasteiger partial charge in [-0.1, -0.05) is 0 Å². The molecular formula is C13H16N4. The number of pyridine rings is 1. The first-order valence-electron chi connectivity index (χ1n) is 6.47. The molecule has 0 bridgehead atoms. The lowest BCUT2D eigenvalue weighted by Crippen LogP contribution is -2.12. The van der Waals surface area contributed by atoms with Crippen LogP contribution in [0.5, 0.6) is 0 Å². The molecule has 4 rings (SSSR count). The maximum absolute atomic E-state index is 4.82. The van der Waals surface area contributed by atoms with Crippen LogP contribution >= 0.6 is 0 Å². The Kier molecular flexibility index (Phi) is 1.99. The Balaban J connectivity index is 1.91. The van der Waals surface area contributed by atoms with E-state index in [4.69, 9.17) is 4.98 Å². The molecule has 1 atom stereocenters. The quantitative estimate of drug-likeness (QED) is 0.853. The molecule has 2 aromatic rings. The average molecular weight is 228 g/mol. The number of hydrogen-bond acceptors (Lipinski definition) is 3. The van der Waals surface area contributed by atoms with Gasteiger partial charge in [-0.05, 0) is 37.9 Å². The summed E-state index contributed by atoms with van der Waals surface area (Å²) in [6.07, 6.45) is 5.65. The third-order valence-corrected chi connectivity index (χ3v) is 3.81.